The van der Waals surface area contributed by atoms with Crippen molar-refractivity contribution in [2.45, 2.75) is 70.3 Å². The maximum Gasteiger partial charge on any atom is 0.251 e. The van der Waals surface area contributed by atoms with E-state index in [1.54, 1.807) is 12.1 Å². The molecule has 0 radical (unpaired) electrons. The normalized spacial score (nSPS) is 16.9. The zero-order valence-electron chi connectivity index (χ0n) is 16.2. The Labute approximate surface area is 164 Å². The SMILES string of the molecule is Cc1ccc(C(=O)NC2CC2)cc1NC(=O)CCc1nnc(C2CCCC2)o1. The molecule has 2 aliphatic rings. The number of nitrogens with one attached hydrogen (secondary N) is 2. The van der Waals surface area contributed by atoms with Crippen LogP contribution in [0.5, 0.6) is 0 Å². The van der Waals surface area contributed by atoms with E-state index in [2.05, 4.69) is 20.8 Å². The largest absolute Gasteiger partial charge is 0.425 e. The van der Waals surface area contributed by atoms with Crippen LogP contribution in [0.3, 0.4) is 0 Å². The Balaban J connectivity index is 1.32. The summed E-state index contributed by atoms with van der Waals surface area (Å²) in [5, 5.41) is 14.1. The molecule has 7 heteroatoms. The highest BCUT2D eigenvalue weighted by atomic mass is 16.4. The number of aryl methyl sites for hydroxylation is 2. The number of benzene rings is 1. The van der Waals surface area contributed by atoms with Crippen LogP contribution >= 0.6 is 0 Å². The van der Waals surface area contributed by atoms with Gasteiger partial charge in [0.15, 0.2) is 0 Å². The molecule has 0 aliphatic heterocycles. The lowest BCUT2D eigenvalue weighted by atomic mass is 10.1. The molecule has 28 heavy (non-hydrogen) atoms. The summed E-state index contributed by atoms with van der Waals surface area (Å²) in [6.45, 7) is 1.91. The van der Waals surface area contributed by atoms with Crippen molar-refractivity contribution < 1.29 is 14.0 Å². The van der Waals surface area contributed by atoms with Crippen LogP contribution in [0.1, 0.15) is 78.6 Å². The van der Waals surface area contributed by atoms with Crippen LogP contribution in [0.2, 0.25) is 0 Å². The Morgan fingerprint density at radius 1 is 1.14 bits per heavy atom. The number of carbonyl (C=O) groups excluding carboxylic acids is 2. The number of rotatable bonds is 7. The van der Waals surface area contributed by atoms with Gasteiger partial charge < -0.3 is 15.1 Å². The van der Waals surface area contributed by atoms with Crippen LogP contribution in [0.15, 0.2) is 22.6 Å². The van der Waals surface area contributed by atoms with Gasteiger partial charge in [-0.2, -0.15) is 0 Å². The minimum Gasteiger partial charge on any atom is -0.425 e. The van der Waals surface area contributed by atoms with E-state index in [0.29, 0.717) is 41.4 Å². The number of aromatic nitrogens is 2. The summed E-state index contributed by atoms with van der Waals surface area (Å²) in [5.41, 5.74) is 2.13. The van der Waals surface area contributed by atoms with E-state index in [0.717, 1.165) is 31.2 Å². The highest BCUT2D eigenvalue weighted by molar-refractivity contribution is 5.98. The average Bonchev–Trinajstić information content (AvgIpc) is 3.14. The summed E-state index contributed by atoms with van der Waals surface area (Å²) in [5.74, 6) is 1.36. The Morgan fingerprint density at radius 2 is 1.93 bits per heavy atom. The molecule has 1 aromatic heterocycles. The summed E-state index contributed by atoms with van der Waals surface area (Å²) in [6.07, 6.45) is 7.37. The smallest absolute Gasteiger partial charge is 0.251 e. The third-order valence-corrected chi connectivity index (χ3v) is 5.44. The first-order chi connectivity index (χ1) is 13.6. The molecule has 0 atom stereocenters. The van der Waals surface area contributed by atoms with E-state index >= 15 is 0 Å². The second-order valence-corrected chi connectivity index (χ2v) is 7.84. The number of nitrogens with zero attached hydrogens (tertiary/aromatic N) is 2. The first-order valence-corrected chi connectivity index (χ1v) is 10.1. The fourth-order valence-electron chi connectivity index (χ4n) is 3.53. The van der Waals surface area contributed by atoms with Gasteiger partial charge in [0, 0.05) is 36.1 Å². The summed E-state index contributed by atoms with van der Waals surface area (Å²) >= 11 is 0. The van der Waals surface area contributed by atoms with E-state index in [-0.39, 0.29) is 18.2 Å². The predicted molar refractivity (Wildman–Crippen MR) is 104 cm³/mol. The van der Waals surface area contributed by atoms with Gasteiger partial charge in [-0.05, 0) is 50.3 Å². The van der Waals surface area contributed by atoms with E-state index < -0.39 is 0 Å². The third-order valence-electron chi connectivity index (χ3n) is 5.44. The minimum atomic E-state index is -0.136. The van der Waals surface area contributed by atoms with Crippen molar-refractivity contribution in [2.75, 3.05) is 5.32 Å². The lowest BCUT2D eigenvalue weighted by Crippen LogP contribution is -2.25. The van der Waals surface area contributed by atoms with Gasteiger partial charge in [0.1, 0.15) is 0 Å². The van der Waals surface area contributed by atoms with Gasteiger partial charge in [0.25, 0.3) is 5.91 Å². The van der Waals surface area contributed by atoms with Crippen molar-refractivity contribution in [1.29, 1.82) is 0 Å². The summed E-state index contributed by atoms with van der Waals surface area (Å²) in [4.78, 5) is 24.6. The van der Waals surface area contributed by atoms with E-state index in [4.69, 9.17) is 4.42 Å². The molecule has 2 aromatic rings. The third kappa shape index (κ3) is 4.58. The molecule has 0 bridgehead atoms. The molecule has 2 saturated carbocycles. The topological polar surface area (TPSA) is 97.1 Å². The van der Waals surface area contributed by atoms with Crippen molar-refractivity contribution in [1.82, 2.24) is 15.5 Å². The van der Waals surface area contributed by atoms with Gasteiger partial charge in [0.2, 0.25) is 17.7 Å². The van der Waals surface area contributed by atoms with E-state index in [9.17, 15) is 9.59 Å². The molecule has 2 amide bonds. The number of amides is 2. The van der Waals surface area contributed by atoms with Crippen LogP contribution < -0.4 is 10.6 Å². The summed E-state index contributed by atoms with van der Waals surface area (Å²) < 4.78 is 5.73. The molecule has 2 fully saturated rings. The molecule has 0 unspecified atom stereocenters. The van der Waals surface area contributed by atoms with Crippen LogP contribution in [0.25, 0.3) is 0 Å². The number of hydrogen-bond donors (Lipinski definition) is 2. The number of carbonyl (C=O) groups is 2. The Morgan fingerprint density at radius 3 is 2.68 bits per heavy atom. The molecule has 0 saturated heterocycles. The number of hydrogen-bond acceptors (Lipinski definition) is 5. The molecule has 0 spiro atoms. The van der Waals surface area contributed by atoms with Crippen LogP contribution in [-0.4, -0.2) is 28.1 Å². The van der Waals surface area contributed by atoms with Gasteiger partial charge in [-0.3, -0.25) is 9.59 Å². The second-order valence-electron chi connectivity index (χ2n) is 7.84. The first kappa shape index (κ1) is 18.7. The molecular formula is C21H26N4O3. The van der Waals surface area contributed by atoms with Crippen LogP contribution in [0.4, 0.5) is 5.69 Å². The zero-order valence-corrected chi connectivity index (χ0v) is 16.2. The Kier molecular flexibility index (Phi) is 5.41. The zero-order chi connectivity index (χ0) is 19.5. The molecule has 7 nitrogen and oxygen atoms in total. The average molecular weight is 382 g/mol. The Bertz CT molecular complexity index is 866. The summed E-state index contributed by atoms with van der Waals surface area (Å²) in [6, 6.07) is 5.67. The maximum atomic E-state index is 12.4. The molecule has 2 aliphatic carbocycles. The maximum absolute atomic E-state index is 12.4. The van der Waals surface area contributed by atoms with Crippen molar-refractivity contribution in [2.24, 2.45) is 0 Å². The van der Waals surface area contributed by atoms with Gasteiger partial charge in [0.05, 0.1) is 0 Å². The lowest BCUT2D eigenvalue weighted by molar-refractivity contribution is -0.116. The standard InChI is InChI=1S/C21H26N4O3/c1-13-6-7-15(20(27)22-16-8-9-16)12-17(13)23-18(26)10-11-19-24-25-21(28-19)14-4-2-3-5-14/h6-7,12,14,16H,2-5,8-11H2,1H3,(H,22,27)(H,23,26). The fraction of sp³-hybridized carbons (Fsp3) is 0.524. The highest BCUT2D eigenvalue weighted by Gasteiger charge is 2.24. The second kappa shape index (κ2) is 8.12. The molecule has 4 rings (SSSR count). The van der Waals surface area contributed by atoms with Crippen LogP contribution in [0, 0.1) is 6.92 Å². The predicted octanol–water partition coefficient (Wildman–Crippen LogP) is 3.50. The van der Waals surface area contributed by atoms with Gasteiger partial charge >= 0.3 is 0 Å². The molecule has 1 aromatic carbocycles. The minimum absolute atomic E-state index is 0.0942. The molecule has 1 heterocycles. The van der Waals surface area contributed by atoms with E-state index in [1.807, 2.05) is 13.0 Å². The van der Waals surface area contributed by atoms with Crippen molar-refractivity contribution in [3.8, 4) is 0 Å². The first-order valence-electron chi connectivity index (χ1n) is 10.1. The van der Waals surface area contributed by atoms with Gasteiger partial charge in [-0.1, -0.05) is 18.9 Å². The van der Waals surface area contributed by atoms with Crippen molar-refractivity contribution in [3.05, 3.63) is 41.1 Å². The van der Waals surface area contributed by atoms with Crippen LogP contribution in [-0.2, 0) is 11.2 Å². The monoisotopic (exact) mass is 382 g/mol. The van der Waals surface area contributed by atoms with Crippen molar-refractivity contribution in [3.63, 3.8) is 0 Å². The molecule has 2 N–H and O–H groups in total. The summed E-state index contributed by atoms with van der Waals surface area (Å²) in [7, 11) is 0. The lowest BCUT2D eigenvalue weighted by Gasteiger charge is -2.10. The Hall–Kier alpha value is -2.70. The van der Waals surface area contributed by atoms with Gasteiger partial charge in [-0.15, -0.1) is 10.2 Å². The molecular weight excluding hydrogens is 356 g/mol. The quantitative estimate of drug-likeness (QED) is 0.764. The molecule has 148 valence electrons. The van der Waals surface area contributed by atoms with Gasteiger partial charge in [-0.25, -0.2) is 0 Å². The fourth-order valence-corrected chi connectivity index (χ4v) is 3.53. The highest BCUT2D eigenvalue weighted by Crippen LogP contribution is 2.33. The van der Waals surface area contributed by atoms with Crippen molar-refractivity contribution >= 4 is 17.5 Å². The van der Waals surface area contributed by atoms with E-state index in [1.165, 1.54) is 12.8 Å². The number of anilines is 1.